The smallest absolute Gasteiger partial charge is 0.329 e. The highest BCUT2D eigenvalue weighted by atomic mass is 35.5. The van der Waals surface area contributed by atoms with Gasteiger partial charge in [0.05, 0.1) is 12.6 Å². The molecule has 1 aliphatic heterocycles. The fourth-order valence-corrected chi connectivity index (χ4v) is 8.97. The maximum absolute atomic E-state index is 13.4. The number of halogens is 1. The summed E-state index contributed by atoms with van der Waals surface area (Å²) >= 11 is 6.15. The summed E-state index contributed by atoms with van der Waals surface area (Å²) in [7, 11) is 1.56. The molecule has 8 heteroatoms. The molecule has 1 aromatic heterocycles. The molecule has 0 spiro atoms. The summed E-state index contributed by atoms with van der Waals surface area (Å²) in [5, 5.41) is 5.02. The van der Waals surface area contributed by atoms with Gasteiger partial charge in [0.15, 0.2) is 0 Å². The molecule has 5 aliphatic rings. The van der Waals surface area contributed by atoms with Gasteiger partial charge in [-0.1, -0.05) is 30.3 Å². The molecule has 0 radical (unpaired) electrons. The first-order valence-corrected chi connectivity index (χ1v) is 15.5. The Hall–Kier alpha value is -3.03. The van der Waals surface area contributed by atoms with Crippen LogP contribution in [0.1, 0.15) is 61.4 Å². The van der Waals surface area contributed by atoms with E-state index in [0.717, 1.165) is 51.2 Å². The van der Waals surface area contributed by atoms with Crippen LogP contribution in [0.5, 0.6) is 0 Å². The van der Waals surface area contributed by atoms with Gasteiger partial charge >= 0.3 is 5.97 Å². The molecule has 0 saturated heterocycles. The lowest BCUT2D eigenvalue weighted by molar-refractivity contribution is -0.157. The average molecular weight is 576 g/mol. The van der Waals surface area contributed by atoms with Crippen molar-refractivity contribution in [2.24, 2.45) is 17.8 Å². The van der Waals surface area contributed by atoms with Gasteiger partial charge in [0.1, 0.15) is 18.5 Å². The summed E-state index contributed by atoms with van der Waals surface area (Å²) in [5.41, 5.74) is 5.20. The summed E-state index contributed by atoms with van der Waals surface area (Å²) in [6.07, 6.45) is 8.40. The molecule has 216 valence electrons. The van der Waals surface area contributed by atoms with Gasteiger partial charge in [-0.25, -0.2) is 4.79 Å². The van der Waals surface area contributed by atoms with Crippen molar-refractivity contribution in [1.82, 2.24) is 9.88 Å². The van der Waals surface area contributed by atoms with Crippen LogP contribution in [0.15, 0.2) is 48.5 Å². The number of anilines is 1. The third-order valence-corrected chi connectivity index (χ3v) is 10.2. The number of amides is 1. The maximum Gasteiger partial charge on any atom is 0.329 e. The third kappa shape index (κ3) is 4.81. The Morgan fingerprint density at radius 2 is 1.68 bits per heavy atom. The molecule has 41 heavy (non-hydrogen) atoms. The summed E-state index contributed by atoms with van der Waals surface area (Å²) < 4.78 is 10.6. The van der Waals surface area contributed by atoms with Crippen molar-refractivity contribution < 1.29 is 19.1 Å². The number of aromatic nitrogens is 1. The van der Waals surface area contributed by atoms with Crippen molar-refractivity contribution in [2.45, 2.75) is 62.6 Å². The van der Waals surface area contributed by atoms with Crippen molar-refractivity contribution in [2.75, 3.05) is 31.5 Å². The molecule has 4 fully saturated rings. The number of benzene rings is 2. The normalized spacial score (nSPS) is 29.9. The first-order chi connectivity index (χ1) is 20.0. The fraction of sp³-hybridized carbons (Fsp3) is 0.515. The summed E-state index contributed by atoms with van der Waals surface area (Å²) in [6, 6.07) is 15.3. The van der Waals surface area contributed by atoms with Crippen molar-refractivity contribution in [3.63, 3.8) is 0 Å². The number of aromatic amines is 1. The van der Waals surface area contributed by atoms with E-state index < -0.39 is 18.1 Å². The number of rotatable bonds is 8. The van der Waals surface area contributed by atoms with Crippen molar-refractivity contribution >= 4 is 40.1 Å². The number of carbonyl (C=O) groups excluding carboxylic acids is 2. The van der Waals surface area contributed by atoms with Gasteiger partial charge in [-0.3, -0.25) is 4.79 Å². The van der Waals surface area contributed by atoms with E-state index >= 15 is 0 Å². The Morgan fingerprint density at radius 1 is 1.00 bits per heavy atom. The molecule has 3 aromatic rings. The van der Waals surface area contributed by atoms with Crippen LogP contribution >= 0.6 is 11.6 Å². The highest BCUT2D eigenvalue weighted by molar-refractivity contribution is 6.27. The van der Waals surface area contributed by atoms with Gasteiger partial charge in [0, 0.05) is 41.4 Å². The lowest BCUT2D eigenvalue weighted by Gasteiger charge is -2.57. The SMILES string of the molecule is COCCOC(=O)[C@H]1Cc2c([nH]c3ccccc23)[C@H](c2ccc(NC34CC5CC(CC(C5)C3)C4)cc2)N1C(=O)CCl. The number of alkyl halides is 1. The second-order valence-electron chi connectivity index (χ2n) is 12.7. The minimum absolute atomic E-state index is 0.130. The van der Waals surface area contributed by atoms with Crippen LogP contribution in [-0.2, 0) is 25.5 Å². The number of carbonyl (C=O) groups is 2. The van der Waals surface area contributed by atoms with E-state index in [1.54, 1.807) is 12.0 Å². The number of nitrogens with zero attached hydrogens (tertiary/aromatic N) is 1. The summed E-state index contributed by atoms with van der Waals surface area (Å²) in [4.78, 5) is 32.1. The van der Waals surface area contributed by atoms with E-state index in [1.165, 1.54) is 38.5 Å². The number of H-pyrrole nitrogens is 1. The number of para-hydroxylation sites is 1. The molecule has 0 unspecified atom stereocenters. The maximum atomic E-state index is 13.4. The fourth-order valence-electron chi connectivity index (χ4n) is 8.84. The molecular weight excluding hydrogens is 538 g/mol. The van der Waals surface area contributed by atoms with E-state index in [4.69, 9.17) is 21.1 Å². The Labute approximate surface area is 245 Å². The lowest BCUT2D eigenvalue weighted by atomic mass is 9.53. The molecule has 4 aliphatic carbocycles. The molecule has 2 heterocycles. The average Bonchev–Trinajstić information content (AvgIpc) is 3.34. The Bertz CT molecular complexity index is 1420. The predicted octanol–water partition coefficient (Wildman–Crippen LogP) is 5.82. The third-order valence-electron chi connectivity index (χ3n) is 10.0. The van der Waals surface area contributed by atoms with Crippen molar-refractivity contribution in [3.8, 4) is 0 Å². The standard InChI is InChI=1S/C33H38ClN3O4/c1-40-10-11-41-32(39)28-15-26-25-4-2-3-5-27(25)35-30(26)31(37(28)29(38)19-34)23-6-8-24(9-7-23)36-33-16-20-12-21(17-33)14-22(13-20)18-33/h2-9,20-22,28,31,35-36H,10-19H2,1H3/t20?,21?,22?,28-,31+,33?/m1/s1. The van der Waals surface area contributed by atoms with Gasteiger partial charge in [-0.05, 0) is 85.6 Å². The molecule has 4 bridgehead atoms. The monoisotopic (exact) mass is 575 g/mol. The highest BCUT2D eigenvalue weighted by Crippen LogP contribution is 2.56. The van der Waals surface area contributed by atoms with Crippen LogP contribution in [0.25, 0.3) is 10.9 Å². The predicted molar refractivity (Wildman–Crippen MR) is 159 cm³/mol. The van der Waals surface area contributed by atoms with Crippen LogP contribution < -0.4 is 5.32 Å². The van der Waals surface area contributed by atoms with Crippen LogP contribution in [0.2, 0.25) is 0 Å². The summed E-state index contributed by atoms with van der Waals surface area (Å²) in [5.74, 6) is 1.63. The van der Waals surface area contributed by atoms with E-state index in [9.17, 15) is 9.59 Å². The van der Waals surface area contributed by atoms with Gasteiger partial charge in [-0.15, -0.1) is 11.6 Å². The first-order valence-electron chi connectivity index (χ1n) is 15.0. The van der Waals surface area contributed by atoms with Crippen molar-refractivity contribution in [1.29, 1.82) is 0 Å². The zero-order chi connectivity index (χ0) is 28.1. The minimum Gasteiger partial charge on any atom is -0.462 e. The molecule has 7 nitrogen and oxygen atoms in total. The number of methoxy groups -OCH3 is 1. The number of hydrogen-bond acceptors (Lipinski definition) is 5. The molecule has 2 N–H and O–H groups in total. The van der Waals surface area contributed by atoms with Crippen LogP contribution in [-0.4, -0.2) is 59.5 Å². The zero-order valence-electron chi connectivity index (χ0n) is 23.5. The number of esters is 1. The minimum atomic E-state index is -0.792. The molecule has 4 saturated carbocycles. The van der Waals surface area contributed by atoms with Gasteiger partial charge < -0.3 is 24.7 Å². The van der Waals surface area contributed by atoms with E-state index in [1.807, 2.05) is 18.2 Å². The molecule has 1 amide bonds. The number of hydrogen-bond donors (Lipinski definition) is 2. The van der Waals surface area contributed by atoms with Crippen LogP contribution in [0.4, 0.5) is 5.69 Å². The topological polar surface area (TPSA) is 83.7 Å². The molecular formula is C33H38ClN3O4. The molecule has 2 aromatic carbocycles. The first kappa shape index (κ1) is 26.8. The number of fused-ring (bicyclic) bond motifs is 3. The Kier molecular flexibility index (Phi) is 6.98. The Balaban J connectivity index is 1.24. The van der Waals surface area contributed by atoms with E-state index in [0.29, 0.717) is 13.0 Å². The van der Waals surface area contributed by atoms with Crippen molar-refractivity contribution in [3.05, 3.63) is 65.4 Å². The van der Waals surface area contributed by atoms with Crippen LogP contribution in [0, 0.1) is 17.8 Å². The number of nitrogens with one attached hydrogen (secondary N) is 2. The van der Waals surface area contributed by atoms with E-state index in [2.05, 4.69) is 40.6 Å². The quantitative estimate of drug-likeness (QED) is 0.201. The lowest BCUT2D eigenvalue weighted by Crippen LogP contribution is -2.54. The van der Waals surface area contributed by atoms with Gasteiger partial charge in [0.25, 0.3) is 0 Å². The van der Waals surface area contributed by atoms with Gasteiger partial charge in [0.2, 0.25) is 5.91 Å². The second kappa shape index (κ2) is 10.7. The number of ether oxygens (including phenoxy) is 2. The highest BCUT2D eigenvalue weighted by Gasteiger charge is 2.51. The second-order valence-corrected chi connectivity index (χ2v) is 13.0. The molecule has 2 atom stereocenters. The largest absolute Gasteiger partial charge is 0.462 e. The van der Waals surface area contributed by atoms with Gasteiger partial charge in [-0.2, -0.15) is 0 Å². The van der Waals surface area contributed by atoms with Crippen LogP contribution in [0.3, 0.4) is 0 Å². The molecule has 8 rings (SSSR count). The zero-order valence-corrected chi connectivity index (χ0v) is 24.3. The van der Waals surface area contributed by atoms with E-state index in [-0.39, 0.29) is 23.9 Å². The summed E-state index contributed by atoms with van der Waals surface area (Å²) in [6.45, 7) is 0.423. The Morgan fingerprint density at radius 3 is 2.34 bits per heavy atom.